The van der Waals surface area contributed by atoms with E-state index in [4.69, 9.17) is 0 Å². The molecule has 0 bridgehead atoms. The molecule has 0 unspecified atom stereocenters. The van der Waals surface area contributed by atoms with Crippen LogP contribution in [0.15, 0.2) is 176 Å². The number of hydrogen-bond donors (Lipinski definition) is 1. The molecule has 0 atom stereocenters. The molecule has 0 fully saturated rings. The third kappa shape index (κ3) is 5.46. The average Bonchev–Trinajstić information content (AvgIpc) is 3.48. The molecule has 0 aliphatic rings. The fourth-order valence-electron chi connectivity index (χ4n) is 6.03. The summed E-state index contributed by atoms with van der Waals surface area (Å²) in [6, 6.07) is 62.7. The molecule has 0 aliphatic heterocycles. The Balaban J connectivity index is 1.16. The van der Waals surface area contributed by atoms with Gasteiger partial charge in [0.1, 0.15) is 0 Å². The zero-order valence-electron chi connectivity index (χ0n) is 24.6. The van der Waals surface area contributed by atoms with Crippen LogP contribution in [0.5, 0.6) is 0 Å². The second-order valence-corrected chi connectivity index (χ2v) is 12.2. The third-order valence-electron chi connectivity index (χ3n) is 8.19. The van der Waals surface area contributed by atoms with Crippen LogP contribution in [0.1, 0.15) is 0 Å². The van der Waals surface area contributed by atoms with Gasteiger partial charge in [-0.3, -0.25) is 0 Å². The molecule has 1 N–H and O–H groups in total. The quantitative estimate of drug-likeness (QED) is 0.197. The van der Waals surface area contributed by atoms with Gasteiger partial charge in [-0.2, -0.15) is 0 Å². The molecule has 0 aliphatic carbocycles. The van der Waals surface area contributed by atoms with Gasteiger partial charge in [0, 0.05) is 48.6 Å². The first-order chi connectivity index (χ1) is 22.3. The van der Waals surface area contributed by atoms with E-state index in [1.807, 2.05) is 11.3 Å². The van der Waals surface area contributed by atoms with E-state index in [9.17, 15) is 0 Å². The van der Waals surface area contributed by atoms with E-state index >= 15 is 0 Å². The summed E-state index contributed by atoms with van der Waals surface area (Å²) in [5.41, 5.74) is 10.2. The SMILES string of the molecule is c1ccc(-c2cc(Nc3ccc(N(c4ccccc4)c4ccc5sc6ccccc6c5c4)cc3)cc(-c3ccccc3)c2)cc1. The fourth-order valence-corrected chi connectivity index (χ4v) is 7.12. The maximum atomic E-state index is 3.69. The number of hydrogen-bond acceptors (Lipinski definition) is 3. The zero-order valence-corrected chi connectivity index (χ0v) is 25.4. The van der Waals surface area contributed by atoms with Crippen molar-refractivity contribution in [3.63, 3.8) is 0 Å². The van der Waals surface area contributed by atoms with E-state index in [-0.39, 0.29) is 0 Å². The number of rotatable bonds is 7. The molecule has 0 amide bonds. The Morgan fingerprint density at radius 1 is 0.356 bits per heavy atom. The van der Waals surface area contributed by atoms with Gasteiger partial charge in [0.25, 0.3) is 0 Å². The van der Waals surface area contributed by atoms with E-state index in [1.165, 1.54) is 42.4 Å². The lowest BCUT2D eigenvalue weighted by molar-refractivity contribution is 1.29. The van der Waals surface area contributed by atoms with Gasteiger partial charge >= 0.3 is 0 Å². The molecule has 0 spiro atoms. The van der Waals surface area contributed by atoms with Gasteiger partial charge in [-0.05, 0) is 101 Å². The summed E-state index contributed by atoms with van der Waals surface area (Å²) in [4.78, 5) is 2.33. The van der Waals surface area contributed by atoms with E-state index in [2.05, 4.69) is 186 Å². The van der Waals surface area contributed by atoms with Crippen molar-refractivity contribution >= 4 is 59.9 Å². The maximum Gasteiger partial charge on any atom is 0.0468 e. The van der Waals surface area contributed by atoms with Crippen molar-refractivity contribution in [3.8, 4) is 22.3 Å². The Hall–Kier alpha value is -5.64. The molecule has 3 heteroatoms. The standard InChI is InChI=1S/C42H30N2S/c1-4-12-30(13-5-1)32-26-33(31-14-6-2-7-15-31)28-35(27-32)43-34-20-22-37(23-21-34)44(36-16-8-3-9-17-36)38-24-25-42-40(29-38)39-18-10-11-19-41(39)45-42/h1-29,43H. The molecule has 2 nitrogen and oxygen atoms in total. The lowest BCUT2D eigenvalue weighted by Crippen LogP contribution is -2.09. The molecule has 7 aromatic carbocycles. The zero-order chi connectivity index (χ0) is 30.0. The monoisotopic (exact) mass is 594 g/mol. The summed E-state index contributed by atoms with van der Waals surface area (Å²) < 4.78 is 2.62. The van der Waals surface area contributed by atoms with Crippen molar-refractivity contribution in [3.05, 3.63) is 176 Å². The first-order valence-corrected chi connectivity index (χ1v) is 16.0. The van der Waals surface area contributed by atoms with Crippen molar-refractivity contribution in [2.75, 3.05) is 10.2 Å². The minimum atomic E-state index is 1.04. The molecular formula is C42H30N2S. The molecular weight excluding hydrogens is 565 g/mol. The van der Waals surface area contributed by atoms with Crippen LogP contribution in [-0.2, 0) is 0 Å². The van der Waals surface area contributed by atoms with Gasteiger partial charge < -0.3 is 10.2 Å². The summed E-state index contributed by atoms with van der Waals surface area (Å²) in [5.74, 6) is 0. The van der Waals surface area contributed by atoms with E-state index in [1.54, 1.807) is 0 Å². The van der Waals surface area contributed by atoms with Gasteiger partial charge in [0.05, 0.1) is 0 Å². The van der Waals surface area contributed by atoms with Gasteiger partial charge in [0.2, 0.25) is 0 Å². The fraction of sp³-hybridized carbons (Fsp3) is 0. The molecule has 1 aromatic heterocycles. The van der Waals surface area contributed by atoms with Gasteiger partial charge in [-0.25, -0.2) is 0 Å². The number of fused-ring (bicyclic) bond motifs is 3. The lowest BCUT2D eigenvalue weighted by atomic mass is 9.98. The Morgan fingerprint density at radius 2 is 0.889 bits per heavy atom. The van der Waals surface area contributed by atoms with Crippen molar-refractivity contribution in [1.82, 2.24) is 0 Å². The van der Waals surface area contributed by atoms with Crippen LogP contribution in [0.4, 0.5) is 28.4 Å². The van der Waals surface area contributed by atoms with Crippen LogP contribution in [0, 0.1) is 0 Å². The molecule has 8 rings (SSSR count). The lowest BCUT2D eigenvalue weighted by Gasteiger charge is -2.26. The molecule has 214 valence electrons. The maximum absolute atomic E-state index is 3.69. The van der Waals surface area contributed by atoms with E-state index in [0.29, 0.717) is 0 Å². The van der Waals surface area contributed by atoms with Crippen LogP contribution >= 0.6 is 11.3 Å². The first kappa shape index (κ1) is 26.9. The van der Waals surface area contributed by atoms with Crippen molar-refractivity contribution in [2.24, 2.45) is 0 Å². The van der Waals surface area contributed by atoms with Gasteiger partial charge in [-0.15, -0.1) is 11.3 Å². The number of anilines is 5. The molecule has 1 heterocycles. The molecule has 45 heavy (non-hydrogen) atoms. The molecule has 8 aromatic rings. The van der Waals surface area contributed by atoms with Crippen molar-refractivity contribution < 1.29 is 0 Å². The summed E-state index contributed by atoms with van der Waals surface area (Å²) in [6.07, 6.45) is 0. The minimum Gasteiger partial charge on any atom is -0.355 e. The Bertz CT molecular complexity index is 2160. The highest BCUT2D eigenvalue weighted by Crippen LogP contribution is 2.41. The summed E-state index contributed by atoms with van der Waals surface area (Å²) in [7, 11) is 0. The summed E-state index contributed by atoms with van der Waals surface area (Å²) >= 11 is 1.85. The minimum absolute atomic E-state index is 1.04. The van der Waals surface area contributed by atoms with Crippen molar-refractivity contribution in [2.45, 2.75) is 0 Å². The Kier molecular flexibility index (Phi) is 7.07. The average molecular weight is 595 g/mol. The predicted molar refractivity (Wildman–Crippen MR) is 195 cm³/mol. The van der Waals surface area contributed by atoms with Crippen LogP contribution in [0.25, 0.3) is 42.4 Å². The van der Waals surface area contributed by atoms with Gasteiger partial charge in [0.15, 0.2) is 0 Å². The van der Waals surface area contributed by atoms with Gasteiger partial charge in [-0.1, -0.05) is 97.1 Å². The van der Waals surface area contributed by atoms with Crippen molar-refractivity contribution in [1.29, 1.82) is 0 Å². The molecule has 0 saturated heterocycles. The topological polar surface area (TPSA) is 15.3 Å². The summed E-state index contributed by atoms with van der Waals surface area (Å²) in [6.45, 7) is 0. The highest BCUT2D eigenvalue weighted by atomic mass is 32.1. The summed E-state index contributed by atoms with van der Waals surface area (Å²) in [5, 5.41) is 6.29. The molecule has 0 saturated carbocycles. The normalized spacial score (nSPS) is 11.1. The predicted octanol–water partition coefficient (Wildman–Crippen LogP) is 12.6. The largest absolute Gasteiger partial charge is 0.355 e. The number of para-hydroxylation sites is 1. The Morgan fingerprint density at radius 3 is 1.56 bits per heavy atom. The van der Waals surface area contributed by atoms with Crippen LogP contribution < -0.4 is 10.2 Å². The highest BCUT2D eigenvalue weighted by molar-refractivity contribution is 7.25. The first-order valence-electron chi connectivity index (χ1n) is 15.2. The third-order valence-corrected chi connectivity index (χ3v) is 9.35. The number of nitrogens with zero attached hydrogens (tertiary/aromatic N) is 1. The Labute approximate surface area is 267 Å². The van der Waals surface area contributed by atoms with E-state index in [0.717, 1.165) is 28.4 Å². The van der Waals surface area contributed by atoms with Crippen LogP contribution in [-0.4, -0.2) is 0 Å². The number of nitrogens with one attached hydrogen (secondary N) is 1. The number of benzene rings is 7. The smallest absolute Gasteiger partial charge is 0.0468 e. The number of thiophene rings is 1. The highest BCUT2D eigenvalue weighted by Gasteiger charge is 2.15. The second-order valence-electron chi connectivity index (χ2n) is 11.2. The van der Waals surface area contributed by atoms with E-state index < -0.39 is 0 Å². The van der Waals surface area contributed by atoms with Crippen LogP contribution in [0.2, 0.25) is 0 Å². The second kappa shape index (κ2) is 11.8. The van der Waals surface area contributed by atoms with Crippen LogP contribution in [0.3, 0.4) is 0 Å². The molecule has 0 radical (unpaired) electrons.